The highest BCUT2D eigenvalue weighted by molar-refractivity contribution is 5.29. The van der Waals surface area contributed by atoms with Crippen molar-refractivity contribution in [2.75, 3.05) is 13.7 Å². The molecule has 0 heterocycles. The molecule has 0 saturated carbocycles. The van der Waals surface area contributed by atoms with Crippen LogP contribution in [0.2, 0.25) is 0 Å². The van der Waals surface area contributed by atoms with Gasteiger partial charge in [0.2, 0.25) is 0 Å². The van der Waals surface area contributed by atoms with Crippen molar-refractivity contribution in [3.05, 3.63) is 29.6 Å². The van der Waals surface area contributed by atoms with Gasteiger partial charge in [0, 0.05) is 19.2 Å². The quantitative estimate of drug-likeness (QED) is 0.799. The van der Waals surface area contributed by atoms with Gasteiger partial charge in [0.05, 0.1) is 7.11 Å². The lowest BCUT2D eigenvalue weighted by molar-refractivity contribution is 0.207. The number of hydrogen-bond donors (Lipinski definition) is 2. The molecule has 0 fully saturated rings. The van der Waals surface area contributed by atoms with E-state index < -0.39 is 0 Å². The maximum atomic E-state index is 13.4. The van der Waals surface area contributed by atoms with Gasteiger partial charge in [0.25, 0.3) is 0 Å². The summed E-state index contributed by atoms with van der Waals surface area (Å²) in [4.78, 5) is 0. The summed E-state index contributed by atoms with van der Waals surface area (Å²) in [7, 11) is 1.45. The zero-order valence-electron chi connectivity index (χ0n) is 10.5. The minimum absolute atomic E-state index is 0.144. The average molecular weight is 241 g/mol. The lowest BCUT2D eigenvalue weighted by atomic mass is 10.0. The van der Waals surface area contributed by atoms with Gasteiger partial charge < -0.3 is 15.2 Å². The summed E-state index contributed by atoms with van der Waals surface area (Å²) in [6, 6.07) is 5.09. The number of hydrogen-bond acceptors (Lipinski definition) is 3. The van der Waals surface area contributed by atoms with Crippen LogP contribution in [0.3, 0.4) is 0 Å². The molecule has 0 spiro atoms. The van der Waals surface area contributed by atoms with Crippen molar-refractivity contribution in [2.24, 2.45) is 5.92 Å². The number of methoxy groups -OCH3 is 1. The van der Waals surface area contributed by atoms with Crippen molar-refractivity contribution in [3.63, 3.8) is 0 Å². The zero-order valence-corrected chi connectivity index (χ0v) is 10.5. The van der Waals surface area contributed by atoms with Crippen LogP contribution in [0.1, 0.15) is 19.4 Å². The maximum Gasteiger partial charge on any atom is 0.165 e. The molecule has 2 atom stereocenters. The highest BCUT2D eigenvalue weighted by Crippen LogP contribution is 2.17. The summed E-state index contributed by atoms with van der Waals surface area (Å²) in [5.41, 5.74) is 0.861. The van der Waals surface area contributed by atoms with E-state index in [1.807, 2.05) is 19.9 Å². The number of rotatable bonds is 6. The molecule has 96 valence electrons. The molecule has 0 aromatic heterocycles. The molecule has 0 bridgehead atoms. The largest absolute Gasteiger partial charge is 0.494 e. The number of aliphatic hydroxyl groups excluding tert-OH is 1. The molecule has 0 aliphatic carbocycles. The first-order valence-electron chi connectivity index (χ1n) is 5.75. The van der Waals surface area contributed by atoms with Gasteiger partial charge in [-0.1, -0.05) is 13.0 Å². The molecular formula is C13H20FNO2. The fourth-order valence-electron chi connectivity index (χ4n) is 1.46. The number of aliphatic hydroxyl groups is 1. The van der Waals surface area contributed by atoms with Crippen LogP contribution in [0.25, 0.3) is 0 Å². The lowest BCUT2D eigenvalue weighted by Crippen LogP contribution is -2.33. The minimum Gasteiger partial charge on any atom is -0.494 e. The molecule has 3 nitrogen and oxygen atoms in total. The molecule has 0 amide bonds. The van der Waals surface area contributed by atoms with E-state index in [1.165, 1.54) is 13.2 Å². The number of nitrogens with one attached hydrogen (secondary N) is 1. The predicted molar refractivity (Wildman–Crippen MR) is 65.5 cm³/mol. The molecule has 0 aliphatic rings. The minimum atomic E-state index is -0.352. The summed E-state index contributed by atoms with van der Waals surface area (Å²) in [6.45, 7) is 4.69. The van der Waals surface area contributed by atoms with Gasteiger partial charge in [0.15, 0.2) is 11.6 Å². The third-order valence-electron chi connectivity index (χ3n) is 2.99. The Morgan fingerprint density at radius 2 is 2.12 bits per heavy atom. The molecule has 1 aromatic rings. The van der Waals surface area contributed by atoms with Crippen molar-refractivity contribution >= 4 is 0 Å². The number of benzene rings is 1. The van der Waals surface area contributed by atoms with E-state index >= 15 is 0 Å². The summed E-state index contributed by atoms with van der Waals surface area (Å²) in [6.07, 6.45) is 0. The second-order valence-corrected chi connectivity index (χ2v) is 4.30. The van der Waals surface area contributed by atoms with E-state index in [4.69, 9.17) is 9.84 Å². The lowest BCUT2D eigenvalue weighted by Gasteiger charge is -2.19. The Bertz CT molecular complexity index is 357. The zero-order chi connectivity index (χ0) is 12.8. The van der Waals surface area contributed by atoms with Crippen LogP contribution in [0.5, 0.6) is 5.75 Å². The molecule has 1 rings (SSSR count). The van der Waals surface area contributed by atoms with Crippen LogP contribution in [0.4, 0.5) is 4.39 Å². The fraction of sp³-hybridized carbons (Fsp3) is 0.538. The summed E-state index contributed by atoms with van der Waals surface area (Å²) in [5.74, 6) is 0.0817. The van der Waals surface area contributed by atoms with Gasteiger partial charge in [-0.15, -0.1) is 0 Å². The van der Waals surface area contributed by atoms with E-state index in [1.54, 1.807) is 6.07 Å². The van der Waals surface area contributed by atoms with Crippen LogP contribution in [0.15, 0.2) is 18.2 Å². The Hall–Kier alpha value is -1.13. The highest BCUT2D eigenvalue weighted by Gasteiger charge is 2.10. The fourth-order valence-corrected chi connectivity index (χ4v) is 1.46. The topological polar surface area (TPSA) is 41.5 Å². The summed E-state index contributed by atoms with van der Waals surface area (Å²) < 4.78 is 18.3. The molecule has 0 aliphatic heterocycles. The Morgan fingerprint density at radius 3 is 2.65 bits per heavy atom. The van der Waals surface area contributed by atoms with Crippen molar-refractivity contribution in [1.82, 2.24) is 5.32 Å². The molecule has 17 heavy (non-hydrogen) atoms. The third-order valence-corrected chi connectivity index (χ3v) is 2.99. The average Bonchev–Trinajstić information content (AvgIpc) is 2.35. The number of ether oxygens (including phenoxy) is 1. The molecular weight excluding hydrogens is 221 g/mol. The van der Waals surface area contributed by atoms with Crippen molar-refractivity contribution in [1.29, 1.82) is 0 Å². The van der Waals surface area contributed by atoms with Crippen LogP contribution in [0, 0.1) is 11.7 Å². The molecule has 4 heteroatoms. The first-order chi connectivity index (χ1) is 8.08. The first-order valence-corrected chi connectivity index (χ1v) is 5.75. The SMILES string of the molecule is COc1ccc(CNC(C)C(C)CO)cc1F. The monoisotopic (exact) mass is 241 g/mol. The molecule has 2 N–H and O–H groups in total. The van der Waals surface area contributed by atoms with Gasteiger partial charge in [-0.05, 0) is 30.5 Å². The Labute approximate surface area is 102 Å². The van der Waals surface area contributed by atoms with E-state index in [9.17, 15) is 4.39 Å². The van der Waals surface area contributed by atoms with Crippen molar-refractivity contribution < 1.29 is 14.2 Å². The molecule has 0 saturated heterocycles. The smallest absolute Gasteiger partial charge is 0.165 e. The Balaban J connectivity index is 2.55. The maximum absolute atomic E-state index is 13.4. The van der Waals surface area contributed by atoms with Crippen LogP contribution in [-0.4, -0.2) is 24.9 Å². The normalized spacial score (nSPS) is 14.4. The van der Waals surface area contributed by atoms with Crippen LogP contribution >= 0.6 is 0 Å². The highest BCUT2D eigenvalue weighted by atomic mass is 19.1. The van der Waals surface area contributed by atoms with E-state index in [2.05, 4.69) is 5.32 Å². The van der Waals surface area contributed by atoms with E-state index in [0.29, 0.717) is 6.54 Å². The van der Waals surface area contributed by atoms with Crippen LogP contribution < -0.4 is 10.1 Å². The van der Waals surface area contributed by atoms with Gasteiger partial charge in [-0.3, -0.25) is 0 Å². The van der Waals surface area contributed by atoms with Crippen molar-refractivity contribution in [2.45, 2.75) is 26.4 Å². The van der Waals surface area contributed by atoms with Crippen LogP contribution in [-0.2, 0) is 6.54 Å². The predicted octanol–water partition coefficient (Wildman–Crippen LogP) is 1.94. The summed E-state index contributed by atoms with van der Waals surface area (Å²) in [5, 5.41) is 12.2. The first kappa shape index (κ1) is 13.9. The third kappa shape index (κ3) is 3.98. The summed E-state index contributed by atoms with van der Waals surface area (Å²) >= 11 is 0. The van der Waals surface area contributed by atoms with Gasteiger partial charge in [-0.25, -0.2) is 4.39 Å². The van der Waals surface area contributed by atoms with Gasteiger partial charge in [0.1, 0.15) is 0 Å². The molecule has 1 aromatic carbocycles. The second kappa shape index (κ2) is 6.57. The molecule has 2 unspecified atom stereocenters. The molecule has 0 radical (unpaired) electrons. The van der Waals surface area contributed by atoms with E-state index in [0.717, 1.165) is 5.56 Å². The standard InChI is InChI=1S/C13H20FNO2/c1-9(8-16)10(2)15-7-11-4-5-13(17-3)12(14)6-11/h4-6,9-10,15-16H,7-8H2,1-3H3. The Morgan fingerprint density at radius 1 is 1.41 bits per heavy atom. The number of halogens is 1. The second-order valence-electron chi connectivity index (χ2n) is 4.30. The van der Waals surface area contributed by atoms with Gasteiger partial charge in [-0.2, -0.15) is 0 Å². The van der Waals surface area contributed by atoms with Crippen molar-refractivity contribution in [3.8, 4) is 5.75 Å². The van der Waals surface area contributed by atoms with E-state index in [-0.39, 0.29) is 30.1 Å². The Kier molecular flexibility index (Phi) is 5.38. The van der Waals surface area contributed by atoms with Gasteiger partial charge >= 0.3 is 0 Å².